The molecule has 46 heavy (non-hydrogen) atoms. The zero-order valence-corrected chi connectivity index (χ0v) is 26.9. The van der Waals surface area contributed by atoms with Gasteiger partial charge >= 0.3 is 0 Å². The predicted molar refractivity (Wildman–Crippen MR) is 190 cm³/mol. The largest absolute Gasteiger partial charge is 0.381 e. The molecule has 5 rings (SSSR count). The highest BCUT2D eigenvalue weighted by atomic mass is 16.2. The van der Waals surface area contributed by atoms with Crippen molar-refractivity contribution in [1.29, 1.82) is 0 Å². The van der Waals surface area contributed by atoms with Crippen LogP contribution in [0.15, 0.2) is 69.5 Å². The zero-order chi connectivity index (χ0) is 33.3. The van der Waals surface area contributed by atoms with Gasteiger partial charge in [-0.1, -0.05) is 34.8 Å². The van der Waals surface area contributed by atoms with Gasteiger partial charge in [0.15, 0.2) is 11.5 Å². The number of allylic oxidation sites excluding steroid dienone is 4. The van der Waals surface area contributed by atoms with Gasteiger partial charge in [-0.25, -0.2) is 14.5 Å². The SMILES string of the molecule is B/C(C#C)=C(B)/C(B)=C(/B)Cn1c([C@H](C)NC(=O)c2c(N)nn3cccnc23)nc2cccc(C#Cc3cnn(C)c3C)c2c1=O. The molecule has 0 aliphatic rings. The molecule has 0 saturated heterocycles. The number of hydrogen-bond acceptors (Lipinski definition) is 7. The quantitative estimate of drug-likeness (QED) is 0.137. The summed E-state index contributed by atoms with van der Waals surface area (Å²) in [5.74, 6) is 8.94. The van der Waals surface area contributed by atoms with Gasteiger partial charge in [-0.3, -0.25) is 18.8 Å². The van der Waals surface area contributed by atoms with E-state index >= 15 is 0 Å². The van der Waals surface area contributed by atoms with Gasteiger partial charge < -0.3 is 11.1 Å². The number of carbonyl (C=O) groups excluding carboxylic acids is 1. The second kappa shape index (κ2) is 12.7. The molecule has 0 saturated carbocycles. The summed E-state index contributed by atoms with van der Waals surface area (Å²) in [7, 11) is 9.62. The van der Waals surface area contributed by atoms with Gasteiger partial charge in [0.25, 0.3) is 11.5 Å². The fourth-order valence-electron chi connectivity index (χ4n) is 5.14. The summed E-state index contributed by atoms with van der Waals surface area (Å²) in [5, 5.41) is 11.8. The Labute approximate surface area is 270 Å². The standard InChI is InChI=1S/C31H31B4N9O2/c1-5-20(32)25(34)26(35)21(33)15-43-28(16(2)39-30(45)24-27(36)41-44-13-7-12-37-29(24)44)40-22-9-6-8-18(23(22)31(43)46)10-11-19-14-38-42(4)17(19)3/h1,6-9,12-14,16H,15,32-35H2,2-4H3,(H2,36,41)(H,39,45)/b25-20-,26-21-/t16-/m0/s1. The summed E-state index contributed by atoms with van der Waals surface area (Å²) in [6, 6.07) is 6.37. The van der Waals surface area contributed by atoms with Gasteiger partial charge in [0.05, 0.1) is 34.4 Å². The first-order valence-electron chi connectivity index (χ1n) is 14.7. The Morgan fingerprint density at radius 3 is 2.57 bits per heavy atom. The van der Waals surface area contributed by atoms with Crippen molar-refractivity contribution in [3.05, 3.63) is 103 Å². The molecule has 0 spiro atoms. The fourth-order valence-corrected chi connectivity index (χ4v) is 5.14. The molecule has 0 aliphatic carbocycles. The maximum atomic E-state index is 14.4. The number of nitrogens with one attached hydrogen (secondary N) is 1. The number of anilines is 1. The van der Waals surface area contributed by atoms with Crippen molar-refractivity contribution in [1.82, 2.24) is 39.2 Å². The van der Waals surface area contributed by atoms with E-state index in [0.717, 1.165) is 33.1 Å². The molecule has 0 fully saturated rings. The summed E-state index contributed by atoms with van der Waals surface area (Å²) >= 11 is 0. The van der Waals surface area contributed by atoms with Crippen molar-refractivity contribution in [2.24, 2.45) is 7.05 Å². The Kier molecular flexibility index (Phi) is 8.79. The molecule has 224 valence electrons. The lowest BCUT2D eigenvalue weighted by Gasteiger charge is -2.21. The highest BCUT2D eigenvalue weighted by molar-refractivity contribution is 6.44. The number of nitrogens with two attached hydrogens (primary N) is 1. The molecule has 1 atom stereocenters. The minimum Gasteiger partial charge on any atom is -0.381 e. The van der Waals surface area contributed by atoms with Crippen molar-refractivity contribution in [3.8, 4) is 24.2 Å². The van der Waals surface area contributed by atoms with Gasteiger partial charge in [0, 0.05) is 31.5 Å². The summed E-state index contributed by atoms with van der Waals surface area (Å²) in [5.41, 5.74) is 12.6. The molecule has 0 aliphatic heterocycles. The highest BCUT2D eigenvalue weighted by Gasteiger charge is 2.24. The molecule has 4 heterocycles. The summed E-state index contributed by atoms with van der Waals surface area (Å²) < 4.78 is 4.78. The van der Waals surface area contributed by atoms with E-state index < -0.39 is 11.9 Å². The molecule has 5 aromatic rings. The molecule has 3 N–H and O–H groups in total. The number of nitrogens with zero attached hydrogens (tertiary/aromatic N) is 7. The van der Waals surface area contributed by atoms with E-state index in [4.69, 9.17) is 17.1 Å². The van der Waals surface area contributed by atoms with Crippen LogP contribution in [-0.2, 0) is 13.6 Å². The summed E-state index contributed by atoms with van der Waals surface area (Å²) in [6.07, 6.45) is 10.6. The van der Waals surface area contributed by atoms with Gasteiger partial charge in [-0.2, -0.15) is 5.10 Å². The Morgan fingerprint density at radius 2 is 1.87 bits per heavy atom. The first kappa shape index (κ1) is 31.7. The predicted octanol–water partition coefficient (Wildman–Crippen LogP) is -1.46. The molecule has 11 nitrogen and oxygen atoms in total. The van der Waals surface area contributed by atoms with E-state index in [0.29, 0.717) is 27.9 Å². The minimum atomic E-state index is -0.701. The van der Waals surface area contributed by atoms with Crippen LogP contribution >= 0.6 is 0 Å². The number of benzene rings is 1. The third-order valence-corrected chi connectivity index (χ3v) is 8.34. The van der Waals surface area contributed by atoms with Crippen molar-refractivity contribution in [2.75, 3.05) is 5.73 Å². The van der Waals surface area contributed by atoms with Gasteiger partial charge in [0.2, 0.25) is 0 Å². The van der Waals surface area contributed by atoms with E-state index in [9.17, 15) is 9.59 Å². The maximum Gasteiger partial charge on any atom is 0.262 e. The smallest absolute Gasteiger partial charge is 0.262 e. The molecule has 0 unspecified atom stereocenters. The number of aryl methyl sites for hydroxylation is 1. The van der Waals surface area contributed by atoms with Crippen LogP contribution in [-0.4, -0.2) is 71.2 Å². The fraction of sp³-hybridized carbons (Fsp3) is 0.161. The number of hydrogen-bond donors (Lipinski definition) is 2. The molecule has 0 radical (unpaired) electrons. The van der Waals surface area contributed by atoms with Crippen molar-refractivity contribution in [3.63, 3.8) is 0 Å². The van der Waals surface area contributed by atoms with Crippen LogP contribution in [0, 0.1) is 31.1 Å². The van der Waals surface area contributed by atoms with Crippen LogP contribution in [0.3, 0.4) is 0 Å². The lowest BCUT2D eigenvalue weighted by molar-refractivity contribution is 0.0939. The molecular weight excluding hydrogens is 574 g/mol. The Bertz CT molecular complexity index is 2280. The van der Waals surface area contributed by atoms with Crippen molar-refractivity contribution >= 4 is 59.7 Å². The number of terminal acetylenes is 1. The monoisotopic (exact) mass is 605 g/mol. The Morgan fingerprint density at radius 1 is 1.13 bits per heavy atom. The van der Waals surface area contributed by atoms with Crippen LogP contribution in [0.1, 0.15) is 46.0 Å². The van der Waals surface area contributed by atoms with Gasteiger partial charge in [-0.05, 0) is 37.5 Å². The van der Waals surface area contributed by atoms with Gasteiger partial charge in [0.1, 0.15) is 42.8 Å². The second-order valence-electron chi connectivity index (χ2n) is 11.2. The zero-order valence-electron chi connectivity index (χ0n) is 26.9. The molecular formula is C31H31B4N9O2. The summed E-state index contributed by atoms with van der Waals surface area (Å²) in [4.78, 5) is 37.2. The van der Waals surface area contributed by atoms with E-state index in [1.165, 1.54) is 4.52 Å². The van der Waals surface area contributed by atoms with E-state index in [2.05, 4.69) is 38.3 Å². The Balaban J connectivity index is 1.66. The molecule has 4 aromatic heterocycles. The first-order valence-corrected chi connectivity index (χ1v) is 14.7. The number of rotatable bonds is 6. The minimum absolute atomic E-state index is 0.0416. The Hall–Kier alpha value is -5.68. The van der Waals surface area contributed by atoms with Crippen LogP contribution in [0.4, 0.5) is 5.82 Å². The van der Waals surface area contributed by atoms with Crippen molar-refractivity contribution in [2.45, 2.75) is 26.4 Å². The number of aromatic nitrogens is 7. The average Bonchev–Trinajstić information content (AvgIpc) is 3.56. The number of amides is 1. The molecule has 1 amide bonds. The average molecular weight is 605 g/mol. The normalized spacial score (nSPS) is 12.9. The first-order chi connectivity index (χ1) is 21.9. The van der Waals surface area contributed by atoms with Crippen LogP contribution in [0.2, 0.25) is 0 Å². The van der Waals surface area contributed by atoms with E-state index in [-0.39, 0.29) is 23.5 Å². The van der Waals surface area contributed by atoms with Gasteiger partial charge in [-0.15, -0.1) is 17.0 Å². The topological polar surface area (TPSA) is 138 Å². The third-order valence-electron chi connectivity index (χ3n) is 8.34. The maximum absolute atomic E-state index is 14.4. The number of fused-ring (bicyclic) bond motifs is 2. The van der Waals surface area contributed by atoms with E-state index in [1.54, 1.807) is 53.0 Å². The number of nitrogen functional groups attached to an aromatic ring is 1. The second-order valence-corrected chi connectivity index (χ2v) is 11.2. The molecule has 1 aromatic carbocycles. The van der Waals surface area contributed by atoms with Crippen LogP contribution < -0.4 is 16.6 Å². The molecule has 0 bridgehead atoms. The highest BCUT2D eigenvalue weighted by Crippen LogP contribution is 2.21. The number of carbonyl (C=O) groups is 1. The lowest BCUT2D eigenvalue weighted by atomic mass is 9.66. The lowest BCUT2D eigenvalue weighted by Crippen LogP contribution is -2.35. The van der Waals surface area contributed by atoms with Crippen LogP contribution in [0.25, 0.3) is 16.6 Å². The molecule has 15 heteroatoms. The third kappa shape index (κ3) is 5.87. The summed E-state index contributed by atoms with van der Waals surface area (Å²) in [6.45, 7) is 3.91. The van der Waals surface area contributed by atoms with Crippen LogP contribution in [0.5, 0.6) is 0 Å². The van der Waals surface area contributed by atoms with Crippen molar-refractivity contribution < 1.29 is 4.79 Å². The van der Waals surface area contributed by atoms with E-state index in [1.807, 2.05) is 51.4 Å².